The van der Waals surface area contributed by atoms with Gasteiger partial charge in [-0.25, -0.2) is 0 Å². The zero-order valence-electron chi connectivity index (χ0n) is 16.6. The van der Waals surface area contributed by atoms with Crippen LogP contribution >= 0.6 is 0 Å². The third-order valence-electron chi connectivity index (χ3n) is 5.41. The van der Waals surface area contributed by atoms with Gasteiger partial charge in [0, 0.05) is 23.6 Å². The first kappa shape index (κ1) is 21.1. The molecule has 9 heteroatoms. The Bertz CT molecular complexity index is 954. The molecule has 6 N–H and O–H groups in total. The Morgan fingerprint density at radius 1 is 1.17 bits per heavy atom. The molecule has 1 heterocycles. The molecule has 2 aromatic rings. The van der Waals surface area contributed by atoms with Gasteiger partial charge >= 0.3 is 5.97 Å². The summed E-state index contributed by atoms with van der Waals surface area (Å²) < 4.78 is 1.69. The summed E-state index contributed by atoms with van der Waals surface area (Å²) in [4.78, 5) is 36.7. The van der Waals surface area contributed by atoms with E-state index in [-0.39, 0.29) is 24.1 Å². The van der Waals surface area contributed by atoms with Crippen LogP contribution in [0.1, 0.15) is 31.7 Å². The molecule has 9 nitrogen and oxygen atoms in total. The fourth-order valence-electron chi connectivity index (χ4n) is 3.53. The van der Waals surface area contributed by atoms with Gasteiger partial charge in [0.2, 0.25) is 11.8 Å². The molecule has 1 aliphatic rings. The number of carbonyl (C=O) groups is 3. The van der Waals surface area contributed by atoms with Crippen molar-refractivity contribution in [2.24, 2.45) is 17.6 Å². The average Bonchev–Trinajstić information content (AvgIpc) is 3.32. The zero-order valence-corrected chi connectivity index (χ0v) is 16.6. The number of aromatic nitrogens is 1. The van der Waals surface area contributed by atoms with Gasteiger partial charge in [0.1, 0.15) is 11.5 Å². The molecule has 0 saturated heterocycles. The highest BCUT2D eigenvalue weighted by Gasteiger charge is 2.50. The molecule has 0 radical (unpaired) electrons. The van der Waals surface area contributed by atoms with Gasteiger partial charge in [-0.15, -0.1) is 0 Å². The second kappa shape index (κ2) is 8.40. The maximum absolute atomic E-state index is 12.8. The number of hydrogen-bond donors (Lipinski definition) is 5. The number of amidine groups is 1. The van der Waals surface area contributed by atoms with Gasteiger partial charge in [-0.3, -0.25) is 19.8 Å². The largest absolute Gasteiger partial charge is 0.481 e. The lowest BCUT2D eigenvalue weighted by Gasteiger charge is -2.34. The SMILES string of the molecule is CCC(CC(=O)O)(NC(=O)C1CC1C(=O)Nc1ccc(C(=N)N)cc1)n1cccc1. The summed E-state index contributed by atoms with van der Waals surface area (Å²) in [6.07, 6.45) is 3.95. The molecule has 0 aliphatic heterocycles. The van der Waals surface area contributed by atoms with Crippen LogP contribution in [0.15, 0.2) is 48.8 Å². The summed E-state index contributed by atoms with van der Waals surface area (Å²) in [5, 5.41) is 22.4. The van der Waals surface area contributed by atoms with E-state index in [2.05, 4.69) is 10.6 Å². The Morgan fingerprint density at radius 2 is 1.77 bits per heavy atom. The van der Waals surface area contributed by atoms with Crippen molar-refractivity contribution in [1.82, 2.24) is 9.88 Å². The molecule has 158 valence electrons. The molecule has 2 amide bonds. The number of benzene rings is 1. The molecule has 3 atom stereocenters. The van der Waals surface area contributed by atoms with Crippen LogP contribution in [0.4, 0.5) is 5.69 Å². The van der Waals surface area contributed by atoms with Crippen LogP contribution in [0.3, 0.4) is 0 Å². The van der Waals surface area contributed by atoms with Crippen LogP contribution in [0.2, 0.25) is 0 Å². The summed E-state index contributed by atoms with van der Waals surface area (Å²) in [6, 6.07) is 10.1. The third-order valence-corrected chi connectivity index (χ3v) is 5.41. The minimum absolute atomic E-state index is 0.0599. The maximum atomic E-state index is 12.8. The van der Waals surface area contributed by atoms with Crippen molar-refractivity contribution in [3.63, 3.8) is 0 Å². The molecule has 1 saturated carbocycles. The number of nitrogens with one attached hydrogen (secondary N) is 3. The Morgan fingerprint density at radius 3 is 2.30 bits per heavy atom. The average molecular weight is 411 g/mol. The van der Waals surface area contributed by atoms with Gasteiger partial charge in [-0.2, -0.15) is 0 Å². The lowest BCUT2D eigenvalue weighted by Crippen LogP contribution is -2.51. The van der Waals surface area contributed by atoms with E-state index in [0.29, 0.717) is 24.1 Å². The number of carboxylic acid groups (broad SMARTS) is 1. The number of carbonyl (C=O) groups excluding carboxylic acids is 2. The number of amides is 2. The predicted octanol–water partition coefficient (Wildman–Crippen LogP) is 1.70. The van der Waals surface area contributed by atoms with Gasteiger partial charge in [0.25, 0.3) is 0 Å². The molecule has 1 aliphatic carbocycles. The molecule has 1 aromatic carbocycles. The topological polar surface area (TPSA) is 150 Å². The lowest BCUT2D eigenvalue weighted by atomic mass is 10.0. The van der Waals surface area contributed by atoms with Crippen LogP contribution in [-0.4, -0.2) is 33.3 Å². The molecular formula is C21H25N5O4. The van der Waals surface area contributed by atoms with Crippen LogP contribution in [0.5, 0.6) is 0 Å². The summed E-state index contributed by atoms with van der Waals surface area (Å²) in [5.74, 6) is -2.66. The molecule has 30 heavy (non-hydrogen) atoms. The van der Waals surface area contributed by atoms with Crippen molar-refractivity contribution in [3.8, 4) is 0 Å². The van der Waals surface area contributed by atoms with Crippen molar-refractivity contribution in [3.05, 3.63) is 54.4 Å². The Kier molecular flexibility index (Phi) is 5.91. The first-order chi connectivity index (χ1) is 14.3. The molecular weight excluding hydrogens is 386 g/mol. The number of aliphatic carboxylic acids is 1. The van der Waals surface area contributed by atoms with E-state index in [1.54, 1.807) is 53.4 Å². The summed E-state index contributed by atoms with van der Waals surface area (Å²) in [7, 11) is 0. The van der Waals surface area contributed by atoms with E-state index < -0.39 is 23.5 Å². The van der Waals surface area contributed by atoms with Crippen molar-refractivity contribution in [2.75, 3.05) is 5.32 Å². The van der Waals surface area contributed by atoms with Gasteiger partial charge in [-0.05, 0) is 49.2 Å². The van der Waals surface area contributed by atoms with Crippen molar-refractivity contribution in [2.45, 2.75) is 31.8 Å². The quantitative estimate of drug-likeness (QED) is 0.314. The normalized spacial score (nSPS) is 19.4. The number of carboxylic acids is 1. The first-order valence-electron chi connectivity index (χ1n) is 9.68. The van der Waals surface area contributed by atoms with Crippen molar-refractivity contribution >= 4 is 29.3 Å². The molecule has 0 bridgehead atoms. The second-order valence-electron chi connectivity index (χ2n) is 7.46. The predicted molar refractivity (Wildman–Crippen MR) is 111 cm³/mol. The minimum Gasteiger partial charge on any atom is -0.481 e. The van der Waals surface area contributed by atoms with E-state index in [1.807, 2.05) is 6.92 Å². The van der Waals surface area contributed by atoms with Crippen molar-refractivity contribution < 1.29 is 19.5 Å². The molecule has 1 aromatic heterocycles. The van der Waals surface area contributed by atoms with Gasteiger partial charge in [0.15, 0.2) is 0 Å². The third kappa shape index (κ3) is 4.51. The second-order valence-corrected chi connectivity index (χ2v) is 7.46. The van der Waals surface area contributed by atoms with Gasteiger partial charge in [0.05, 0.1) is 18.3 Å². The summed E-state index contributed by atoms with van der Waals surface area (Å²) >= 11 is 0. The van der Waals surface area contributed by atoms with Crippen LogP contribution in [-0.2, 0) is 20.0 Å². The van der Waals surface area contributed by atoms with E-state index in [1.165, 1.54) is 0 Å². The summed E-state index contributed by atoms with van der Waals surface area (Å²) in [6.45, 7) is 1.81. The van der Waals surface area contributed by atoms with Crippen LogP contribution < -0.4 is 16.4 Å². The number of rotatable bonds is 9. The Labute approximate surface area is 173 Å². The fraction of sp³-hybridized carbons (Fsp3) is 0.333. The number of nitrogen functional groups attached to an aromatic ring is 1. The number of anilines is 1. The standard InChI is InChI=1S/C21H25N5O4/c1-2-21(12-17(27)28,26-9-3-4-10-26)25-20(30)16-11-15(16)19(29)24-14-7-5-13(6-8-14)18(22)23/h3-10,15-16H,2,11-12H2,1H3,(H3,22,23)(H,24,29)(H,25,30)(H,27,28). The van der Waals surface area contributed by atoms with E-state index in [0.717, 1.165) is 0 Å². The highest BCUT2D eigenvalue weighted by Crippen LogP contribution is 2.40. The molecule has 0 spiro atoms. The molecule has 3 rings (SSSR count). The fourth-order valence-corrected chi connectivity index (χ4v) is 3.53. The Hall–Kier alpha value is -3.62. The van der Waals surface area contributed by atoms with Crippen LogP contribution in [0.25, 0.3) is 0 Å². The minimum atomic E-state index is -1.08. The number of nitrogens with two attached hydrogens (primary N) is 1. The highest BCUT2D eigenvalue weighted by atomic mass is 16.4. The smallest absolute Gasteiger partial charge is 0.307 e. The maximum Gasteiger partial charge on any atom is 0.307 e. The summed E-state index contributed by atoms with van der Waals surface area (Å²) in [5.41, 5.74) is 5.43. The first-order valence-corrected chi connectivity index (χ1v) is 9.68. The lowest BCUT2D eigenvalue weighted by molar-refractivity contribution is -0.141. The number of hydrogen-bond acceptors (Lipinski definition) is 4. The Balaban J connectivity index is 1.64. The van der Waals surface area contributed by atoms with Crippen LogP contribution in [0, 0.1) is 17.2 Å². The van der Waals surface area contributed by atoms with E-state index >= 15 is 0 Å². The van der Waals surface area contributed by atoms with E-state index in [4.69, 9.17) is 11.1 Å². The van der Waals surface area contributed by atoms with Gasteiger partial charge < -0.3 is 26.0 Å². The zero-order chi connectivity index (χ0) is 21.9. The van der Waals surface area contributed by atoms with E-state index in [9.17, 15) is 19.5 Å². The molecule has 1 fully saturated rings. The monoisotopic (exact) mass is 411 g/mol. The van der Waals surface area contributed by atoms with Crippen molar-refractivity contribution in [1.29, 1.82) is 5.41 Å². The van der Waals surface area contributed by atoms with Gasteiger partial charge in [-0.1, -0.05) is 6.92 Å². The molecule has 3 unspecified atom stereocenters. The highest BCUT2D eigenvalue weighted by molar-refractivity contribution is 6.00. The number of nitrogens with zero attached hydrogens (tertiary/aromatic N) is 1.